The summed E-state index contributed by atoms with van der Waals surface area (Å²) in [6.07, 6.45) is 32.9. The molecule has 0 bridgehead atoms. The molecule has 6 heterocycles. The van der Waals surface area contributed by atoms with Crippen molar-refractivity contribution >= 4 is 40.1 Å². The van der Waals surface area contributed by atoms with Gasteiger partial charge >= 0.3 is 41.5 Å². The van der Waals surface area contributed by atoms with E-state index in [1.54, 1.807) is 75.1 Å². The molecular weight excluding hydrogens is 1130 g/mol. The van der Waals surface area contributed by atoms with Crippen molar-refractivity contribution in [1.29, 1.82) is 0 Å². The van der Waals surface area contributed by atoms with Crippen LogP contribution in [0.2, 0.25) is 0 Å². The van der Waals surface area contributed by atoms with Gasteiger partial charge in [0.25, 0.3) is 0 Å². The van der Waals surface area contributed by atoms with Crippen LogP contribution in [-0.2, 0) is 99.8 Å². The summed E-state index contributed by atoms with van der Waals surface area (Å²) in [4.78, 5) is 23.0. The van der Waals surface area contributed by atoms with Gasteiger partial charge in [-0.1, -0.05) is 0 Å². The summed E-state index contributed by atoms with van der Waals surface area (Å²) in [6.45, 7) is 12.4. The smallest absolute Gasteiger partial charge is 0.421 e. The zero-order chi connectivity index (χ0) is 54.7. The molecular formula is C32H44F12N14O8S4Zn. The van der Waals surface area contributed by atoms with Crippen LogP contribution in [0.1, 0.15) is 27.7 Å². The maximum absolute atomic E-state index is 11.4. The summed E-state index contributed by atoms with van der Waals surface area (Å²) >= 11 is 0. The van der Waals surface area contributed by atoms with Crippen molar-refractivity contribution in [3.63, 3.8) is 0 Å². The molecule has 0 aliphatic rings. The standard InChI is InChI=1S/4C5H8N2.2C4H6N2.2C2F6NO4S2.Zn/c4*1-2-7-4-3-6-5-7;2*1-6-3-2-5-4-6;2*3-1(4,5)14(10,11)9-15(12,13)2(6,7)8;/h4*3-5H,2H2,1H3;2*2-4H,1H3;;;/q;;;;;;2*-1;+2. The summed E-state index contributed by atoms with van der Waals surface area (Å²) in [5, 5.41) is 0. The molecule has 6 aromatic rings. The van der Waals surface area contributed by atoms with E-state index in [2.05, 4.69) is 57.6 Å². The van der Waals surface area contributed by atoms with Gasteiger partial charge in [-0.2, -0.15) is 52.7 Å². The average molecular weight is 1170 g/mol. The second-order valence-electron chi connectivity index (χ2n) is 11.9. The van der Waals surface area contributed by atoms with Gasteiger partial charge < -0.3 is 35.7 Å². The molecule has 0 unspecified atom stereocenters. The molecule has 0 aromatic carbocycles. The first-order valence-electron chi connectivity index (χ1n) is 18.3. The maximum Gasteiger partial charge on any atom is 2.00 e. The van der Waals surface area contributed by atoms with Gasteiger partial charge in [0, 0.05) is 115 Å². The Morgan fingerprint density at radius 2 is 0.521 bits per heavy atom. The first-order valence-corrected chi connectivity index (χ1v) is 24.1. The molecule has 0 saturated carbocycles. The van der Waals surface area contributed by atoms with E-state index in [9.17, 15) is 86.4 Å². The predicted octanol–water partition coefficient (Wildman–Crippen LogP) is 6.57. The SMILES string of the molecule is CCn1ccnc1.CCn1ccnc1.CCn1ccnc1.CCn1ccnc1.Cn1ccnc1.Cn1ccnc1.O=S(=O)([N-]S(=O)(=O)C(F)(F)F)C(F)(F)F.O=S(=O)([N-]S(=O)(=O)C(F)(F)F)C(F)(F)F.[Zn+2]. The number of hydrogen-bond donors (Lipinski definition) is 0. The molecule has 0 spiro atoms. The Hall–Kier alpha value is -5.24. The molecule has 6 rings (SSSR count). The van der Waals surface area contributed by atoms with Crippen LogP contribution in [0.25, 0.3) is 8.25 Å². The number of alkyl halides is 12. The van der Waals surface area contributed by atoms with Crippen LogP contribution in [0.5, 0.6) is 0 Å². The van der Waals surface area contributed by atoms with Gasteiger partial charge in [-0.3, -0.25) is 0 Å². The van der Waals surface area contributed by atoms with Crippen LogP contribution in [0.15, 0.2) is 112 Å². The Morgan fingerprint density at radius 1 is 0.352 bits per heavy atom. The minimum atomic E-state index is -6.72. The number of nitrogens with zero attached hydrogens (tertiary/aromatic N) is 14. The zero-order valence-corrected chi connectivity index (χ0v) is 43.9. The molecule has 400 valence electrons. The minimum absolute atomic E-state index is 0. The van der Waals surface area contributed by atoms with Crippen molar-refractivity contribution in [1.82, 2.24) is 57.3 Å². The van der Waals surface area contributed by atoms with Crippen molar-refractivity contribution in [2.75, 3.05) is 0 Å². The van der Waals surface area contributed by atoms with E-state index in [4.69, 9.17) is 0 Å². The maximum atomic E-state index is 11.4. The van der Waals surface area contributed by atoms with Gasteiger partial charge in [0.1, 0.15) is 0 Å². The number of halogens is 12. The van der Waals surface area contributed by atoms with Gasteiger partial charge in [0.05, 0.1) is 38.0 Å². The van der Waals surface area contributed by atoms with Gasteiger partial charge in [0.15, 0.2) is 40.1 Å². The number of aromatic nitrogens is 12. The van der Waals surface area contributed by atoms with Crippen molar-refractivity contribution in [3.05, 3.63) is 121 Å². The molecule has 0 N–H and O–H groups in total. The van der Waals surface area contributed by atoms with E-state index in [-0.39, 0.29) is 19.5 Å². The summed E-state index contributed by atoms with van der Waals surface area (Å²) in [6, 6.07) is 0. The zero-order valence-electron chi connectivity index (χ0n) is 37.6. The summed E-state index contributed by atoms with van der Waals surface area (Å²) in [5.74, 6) is 0. The van der Waals surface area contributed by atoms with E-state index >= 15 is 0 Å². The number of hydrogen-bond acceptors (Lipinski definition) is 14. The third kappa shape index (κ3) is 29.6. The van der Waals surface area contributed by atoms with Crippen molar-refractivity contribution in [3.8, 4) is 0 Å². The summed E-state index contributed by atoms with van der Waals surface area (Å²) < 4.78 is 230. The van der Waals surface area contributed by atoms with Gasteiger partial charge in [0.2, 0.25) is 0 Å². The number of sulfonamides is 4. The van der Waals surface area contributed by atoms with Crippen molar-refractivity contribution in [2.24, 2.45) is 14.1 Å². The van der Waals surface area contributed by atoms with Crippen LogP contribution in [-0.4, -0.2) is 113 Å². The third-order valence-electron chi connectivity index (χ3n) is 6.53. The van der Waals surface area contributed by atoms with Crippen LogP contribution < -0.4 is 0 Å². The fourth-order valence-electron chi connectivity index (χ4n) is 2.97. The fraction of sp³-hybridized carbons (Fsp3) is 0.438. The van der Waals surface area contributed by atoms with Crippen LogP contribution in [0, 0.1) is 0 Å². The molecule has 0 saturated heterocycles. The predicted molar refractivity (Wildman–Crippen MR) is 225 cm³/mol. The fourth-order valence-corrected chi connectivity index (χ4v) is 6.39. The topological polar surface area (TPSA) is 272 Å². The molecule has 0 amide bonds. The molecule has 0 aliphatic carbocycles. The third-order valence-corrected chi connectivity index (χ3v) is 12.0. The van der Waals surface area contributed by atoms with Gasteiger partial charge in [-0.25, -0.2) is 63.6 Å². The van der Waals surface area contributed by atoms with E-state index in [1.165, 1.54) is 0 Å². The van der Waals surface area contributed by atoms with Gasteiger partial charge in [-0.15, -0.1) is 0 Å². The largest absolute Gasteiger partial charge is 2.00 e. The Kier molecular flexibility index (Phi) is 31.5. The minimum Gasteiger partial charge on any atom is -0.421 e. The Labute approximate surface area is 412 Å². The molecule has 0 atom stereocenters. The molecule has 6 aromatic heterocycles. The molecule has 0 fully saturated rings. The van der Waals surface area contributed by atoms with Gasteiger partial charge in [-0.05, 0) is 27.7 Å². The van der Waals surface area contributed by atoms with Crippen LogP contribution >= 0.6 is 0 Å². The molecule has 71 heavy (non-hydrogen) atoms. The second-order valence-corrected chi connectivity index (χ2v) is 18.7. The number of rotatable bonds is 8. The monoisotopic (exact) mass is 1170 g/mol. The average Bonchev–Trinajstić information content (AvgIpc) is 4.10. The molecule has 39 heteroatoms. The summed E-state index contributed by atoms with van der Waals surface area (Å²) in [7, 11) is -23.0. The van der Waals surface area contributed by atoms with Crippen molar-refractivity contribution < 1.29 is 106 Å². The van der Waals surface area contributed by atoms with Crippen LogP contribution in [0.3, 0.4) is 0 Å². The molecule has 0 aliphatic heterocycles. The Bertz CT molecular complexity index is 2330. The number of aryl methyl sites for hydroxylation is 6. The van der Waals surface area contributed by atoms with Crippen LogP contribution in [0.4, 0.5) is 52.7 Å². The second kappa shape index (κ2) is 32.0. The van der Waals surface area contributed by atoms with E-state index in [0.717, 1.165) is 34.4 Å². The quantitative estimate of drug-likeness (QED) is 0.115. The first kappa shape index (κ1) is 70.0. The van der Waals surface area contributed by atoms with E-state index < -0.39 is 62.1 Å². The molecule has 22 nitrogen and oxygen atoms in total. The van der Waals surface area contributed by atoms with Crippen molar-refractivity contribution in [2.45, 2.75) is 75.9 Å². The Morgan fingerprint density at radius 3 is 0.592 bits per heavy atom. The Balaban J connectivity index is -0.000000763. The number of imidazole rings is 6. The van der Waals surface area contributed by atoms with E-state index in [1.807, 2.05) is 78.7 Å². The first-order chi connectivity index (χ1) is 31.9. The van der Waals surface area contributed by atoms with E-state index in [0.29, 0.717) is 0 Å². The normalized spacial score (nSPS) is 11.6. The summed E-state index contributed by atoms with van der Waals surface area (Å²) in [5.41, 5.74) is -24.8. The molecule has 0 radical (unpaired) electrons.